The Morgan fingerprint density at radius 3 is 2.59 bits per heavy atom. The van der Waals surface area contributed by atoms with E-state index in [0.29, 0.717) is 6.54 Å². The average molecular weight is 341 g/mol. The van der Waals surface area contributed by atoms with Gasteiger partial charge in [-0.05, 0) is 52.9 Å². The summed E-state index contributed by atoms with van der Waals surface area (Å²) in [6, 6.07) is 12.6. The average Bonchev–Trinajstić information content (AvgIpc) is 2.28. The van der Waals surface area contributed by atoms with E-state index in [1.165, 1.54) is 6.07 Å². The minimum atomic E-state index is 0.0699. The Bertz CT molecular complexity index is 529. The maximum atomic E-state index is 9.62. The fraction of sp³-hybridized carbons (Fsp3) is 0.0769. The quantitative estimate of drug-likeness (QED) is 0.751. The van der Waals surface area contributed by atoms with Crippen molar-refractivity contribution >= 4 is 28.3 Å². The highest BCUT2D eigenvalue weighted by Crippen LogP contribution is 2.23. The maximum Gasteiger partial charge on any atom is 0.124 e. The van der Waals surface area contributed by atoms with Gasteiger partial charge in [-0.3, -0.25) is 0 Å². The van der Waals surface area contributed by atoms with Crippen molar-refractivity contribution in [3.05, 3.63) is 51.6 Å². The van der Waals surface area contributed by atoms with Gasteiger partial charge in [0, 0.05) is 27.4 Å². The van der Waals surface area contributed by atoms with E-state index < -0.39 is 0 Å². The molecule has 4 heteroatoms. The minimum absolute atomic E-state index is 0.0699. The summed E-state index contributed by atoms with van der Waals surface area (Å²) in [7, 11) is 0. The summed E-state index contributed by atoms with van der Waals surface area (Å²) < 4.78 is 1.16. The molecule has 0 saturated heterocycles. The zero-order chi connectivity index (χ0) is 12.3. The Morgan fingerprint density at radius 1 is 1.06 bits per heavy atom. The van der Waals surface area contributed by atoms with Crippen LogP contribution in [0, 0.1) is 3.57 Å². The molecular formula is C13H12INO2. The monoisotopic (exact) mass is 341 g/mol. The molecule has 0 aliphatic rings. The van der Waals surface area contributed by atoms with E-state index in [-0.39, 0.29) is 11.5 Å². The highest BCUT2D eigenvalue weighted by molar-refractivity contribution is 14.1. The van der Waals surface area contributed by atoms with Crippen LogP contribution in [0.3, 0.4) is 0 Å². The first kappa shape index (κ1) is 12.0. The molecule has 0 aliphatic heterocycles. The summed E-state index contributed by atoms with van der Waals surface area (Å²) in [6.07, 6.45) is 0. The van der Waals surface area contributed by atoms with Gasteiger partial charge in [-0.2, -0.15) is 0 Å². The van der Waals surface area contributed by atoms with Crippen LogP contribution in [0.25, 0.3) is 0 Å². The molecule has 2 aromatic rings. The lowest BCUT2D eigenvalue weighted by molar-refractivity contribution is 0.446. The summed E-state index contributed by atoms with van der Waals surface area (Å²) in [4.78, 5) is 0. The van der Waals surface area contributed by atoms with Crippen LogP contribution in [-0.2, 0) is 6.54 Å². The number of nitrogens with one attached hydrogen (secondary N) is 1. The SMILES string of the molecule is Oc1ccc(CNc2cccc(I)c2)c(O)c1. The topological polar surface area (TPSA) is 52.5 Å². The van der Waals surface area contributed by atoms with Crippen LogP contribution < -0.4 is 5.32 Å². The van der Waals surface area contributed by atoms with E-state index in [4.69, 9.17) is 0 Å². The third-order valence-electron chi connectivity index (χ3n) is 2.38. The number of anilines is 1. The molecule has 0 heterocycles. The van der Waals surface area contributed by atoms with Gasteiger partial charge in [0.05, 0.1) is 0 Å². The molecule has 0 spiro atoms. The summed E-state index contributed by atoms with van der Waals surface area (Å²) in [5.74, 6) is 0.170. The van der Waals surface area contributed by atoms with Crippen molar-refractivity contribution in [1.82, 2.24) is 0 Å². The van der Waals surface area contributed by atoms with Gasteiger partial charge in [0.1, 0.15) is 11.5 Å². The normalized spacial score (nSPS) is 10.2. The van der Waals surface area contributed by atoms with Crippen LogP contribution in [0.1, 0.15) is 5.56 Å². The van der Waals surface area contributed by atoms with Crippen molar-refractivity contribution in [2.24, 2.45) is 0 Å². The van der Waals surface area contributed by atoms with Gasteiger partial charge in [-0.1, -0.05) is 6.07 Å². The fourth-order valence-corrected chi connectivity index (χ4v) is 2.04. The van der Waals surface area contributed by atoms with Crippen molar-refractivity contribution in [1.29, 1.82) is 0 Å². The Labute approximate surface area is 113 Å². The van der Waals surface area contributed by atoms with Crippen LogP contribution in [0.2, 0.25) is 0 Å². The van der Waals surface area contributed by atoms with Crippen LogP contribution in [0.15, 0.2) is 42.5 Å². The van der Waals surface area contributed by atoms with Crippen LogP contribution in [-0.4, -0.2) is 10.2 Å². The predicted molar refractivity (Wildman–Crippen MR) is 76.3 cm³/mol. The van der Waals surface area contributed by atoms with Gasteiger partial charge in [0.15, 0.2) is 0 Å². The molecule has 0 radical (unpaired) electrons. The van der Waals surface area contributed by atoms with Gasteiger partial charge in [0.25, 0.3) is 0 Å². The molecular weight excluding hydrogens is 329 g/mol. The minimum Gasteiger partial charge on any atom is -0.508 e. The Hall–Kier alpha value is -1.43. The number of halogens is 1. The Morgan fingerprint density at radius 2 is 1.88 bits per heavy atom. The molecule has 2 aromatic carbocycles. The summed E-state index contributed by atoms with van der Waals surface area (Å²) >= 11 is 2.25. The van der Waals surface area contributed by atoms with E-state index >= 15 is 0 Å². The zero-order valence-corrected chi connectivity index (χ0v) is 11.2. The smallest absolute Gasteiger partial charge is 0.124 e. The largest absolute Gasteiger partial charge is 0.508 e. The zero-order valence-electron chi connectivity index (χ0n) is 9.02. The summed E-state index contributed by atoms with van der Waals surface area (Å²) in [5.41, 5.74) is 1.76. The summed E-state index contributed by atoms with van der Waals surface area (Å²) in [6.45, 7) is 0.520. The second kappa shape index (κ2) is 5.27. The number of phenols is 2. The second-order valence-corrected chi connectivity index (χ2v) is 4.92. The summed E-state index contributed by atoms with van der Waals surface area (Å²) in [5, 5.41) is 22.0. The highest BCUT2D eigenvalue weighted by Gasteiger charge is 2.02. The van der Waals surface area contributed by atoms with Crippen molar-refractivity contribution < 1.29 is 10.2 Å². The van der Waals surface area contributed by atoms with Gasteiger partial charge >= 0.3 is 0 Å². The molecule has 17 heavy (non-hydrogen) atoms. The van der Waals surface area contributed by atoms with E-state index in [2.05, 4.69) is 27.9 Å². The lowest BCUT2D eigenvalue weighted by Crippen LogP contribution is -1.99. The van der Waals surface area contributed by atoms with Gasteiger partial charge in [-0.25, -0.2) is 0 Å². The number of benzene rings is 2. The molecule has 0 bridgehead atoms. The number of phenolic OH excluding ortho intramolecular Hbond substituents is 2. The van der Waals surface area contributed by atoms with Crippen LogP contribution in [0.5, 0.6) is 11.5 Å². The molecule has 0 amide bonds. The first-order valence-electron chi connectivity index (χ1n) is 5.15. The molecule has 3 N–H and O–H groups in total. The van der Waals surface area contributed by atoms with E-state index in [9.17, 15) is 10.2 Å². The lowest BCUT2D eigenvalue weighted by atomic mass is 10.2. The number of rotatable bonds is 3. The van der Waals surface area contributed by atoms with Gasteiger partial charge in [-0.15, -0.1) is 0 Å². The number of hydrogen-bond donors (Lipinski definition) is 3. The highest BCUT2D eigenvalue weighted by atomic mass is 127. The van der Waals surface area contributed by atoms with Crippen molar-refractivity contribution in [2.45, 2.75) is 6.54 Å². The molecule has 3 nitrogen and oxygen atoms in total. The lowest BCUT2D eigenvalue weighted by Gasteiger charge is -2.08. The van der Waals surface area contributed by atoms with Crippen molar-refractivity contribution in [3.8, 4) is 11.5 Å². The van der Waals surface area contributed by atoms with E-state index in [1.807, 2.05) is 24.3 Å². The van der Waals surface area contributed by atoms with Gasteiger partial charge in [0.2, 0.25) is 0 Å². The first-order chi connectivity index (χ1) is 8.15. The Balaban J connectivity index is 2.07. The third kappa shape index (κ3) is 3.26. The molecule has 2 rings (SSSR count). The molecule has 0 atom stereocenters. The van der Waals surface area contributed by atoms with Crippen molar-refractivity contribution in [2.75, 3.05) is 5.32 Å². The van der Waals surface area contributed by atoms with Crippen LogP contribution >= 0.6 is 22.6 Å². The molecule has 0 unspecified atom stereocenters. The standard InChI is InChI=1S/C13H12INO2/c14-10-2-1-3-11(6-10)15-8-9-4-5-12(16)7-13(9)17/h1-7,15-17H,8H2. The second-order valence-electron chi connectivity index (χ2n) is 3.68. The van der Waals surface area contributed by atoms with E-state index in [1.54, 1.807) is 12.1 Å². The number of aromatic hydroxyl groups is 2. The number of hydrogen-bond acceptors (Lipinski definition) is 3. The molecule has 88 valence electrons. The first-order valence-corrected chi connectivity index (χ1v) is 6.23. The molecule has 0 aromatic heterocycles. The fourth-order valence-electron chi connectivity index (χ4n) is 1.50. The molecule has 0 fully saturated rings. The van der Waals surface area contributed by atoms with E-state index in [0.717, 1.165) is 14.8 Å². The van der Waals surface area contributed by atoms with Gasteiger partial charge < -0.3 is 15.5 Å². The molecule has 0 aliphatic carbocycles. The van der Waals surface area contributed by atoms with Crippen LogP contribution in [0.4, 0.5) is 5.69 Å². The predicted octanol–water partition coefficient (Wildman–Crippen LogP) is 3.31. The van der Waals surface area contributed by atoms with Crippen molar-refractivity contribution in [3.63, 3.8) is 0 Å². The maximum absolute atomic E-state index is 9.62. The molecule has 0 saturated carbocycles. The Kier molecular flexibility index (Phi) is 3.73. The third-order valence-corrected chi connectivity index (χ3v) is 3.05.